The largest absolute Gasteiger partial charge is 0.354 e. The average Bonchev–Trinajstić information content (AvgIpc) is 3.27. The average molecular weight is 481 g/mol. The summed E-state index contributed by atoms with van der Waals surface area (Å²) < 4.78 is 0. The van der Waals surface area contributed by atoms with Crippen molar-refractivity contribution in [2.75, 3.05) is 65.4 Å². The van der Waals surface area contributed by atoms with Gasteiger partial charge in [0.15, 0.2) is 5.96 Å². The number of likely N-dealkylation sites (tertiary alicyclic amines) is 2. The van der Waals surface area contributed by atoms with E-state index in [9.17, 15) is 0 Å². The van der Waals surface area contributed by atoms with Crippen LogP contribution in [-0.2, 0) is 0 Å². The number of halogens is 1. The number of likely N-dealkylation sites (N-methyl/N-ethyl adjacent to an activating group) is 1. The van der Waals surface area contributed by atoms with Crippen molar-refractivity contribution < 1.29 is 0 Å². The molecule has 5 nitrogen and oxygen atoms in total. The molecule has 0 amide bonds. The molecule has 3 heterocycles. The summed E-state index contributed by atoms with van der Waals surface area (Å²) in [6, 6.07) is 0.730. The molecule has 3 fully saturated rings. The molecule has 0 spiro atoms. The summed E-state index contributed by atoms with van der Waals surface area (Å²) in [4.78, 5) is 12.2. The van der Waals surface area contributed by atoms with Gasteiger partial charge in [-0.3, -0.25) is 9.89 Å². The first-order valence-electron chi connectivity index (χ1n) is 9.59. The van der Waals surface area contributed by atoms with E-state index in [2.05, 4.69) is 50.9 Å². The molecule has 0 aliphatic carbocycles. The van der Waals surface area contributed by atoms with Gasteiger partial charge < -0.3 is 15.1 Å². The van der Waals surface area contributed by atoms with Gasteiger partial charge in [0.2, 0.25) is 0 Å². The third-order valence-corrected chi connectivity index (χ3v) is 7.42. The van der Waals surface area contributed by atoms with Gasteiger partial charge >= 0.3 is 0 Å². The third-order valence-electron chi connectivity index (χ3n) is 6.19. The Morgan fingerprint density at radius 1 is 1.24 bits per heavy atom. The molecule has 0 radical (unpaired) electrons. The molecule has 0 aromatic carbocycles. The summed E-state index contributed by atoms with van der Waals surface area (Å²) in [7, 11) is 6.37. The number of nitrogens with zero attached hydrogens (tertiary/aromatic N) is 4. The Hall–Kier alpha value is 0.270. The Labute approximate surface area is 175 Å². The number of nitrogens with one attached hydrogen (secondary N) is 1. The summed E-state index contributed by atoms with van der Waals surface area (Å²) in [5, 5.41) is 3.70. The zero-order chi connectivity index (χ0) is 17.0. The van der Waals surface area contributed by atoms with E-state index >= 15 is 0 Å². The van der Waals surface area contributed by atoms with E-state index in [0.717, 1.165) is 31.6 Å². The highest BCUT2D eigenvalue weighted by Crippen LogP contribution is 2.31. The van der Waals surface area contributed by atoms with E-state index in [4.69, 9.17) is 0 Å². The minimum absolute atomic E-state index is 0. The van der Waals surface area contributed by atoms with Crippen molar-refractivity contribution >= 4 is 41.7 Å². The highest BCUT2D eigenvalue weighted by molar-refractivity contribution is 14.0. The molecule has 3 rings (SSSR count). The van der Waals surface area contributed by atoms with Crippen LogP contribution >= 0.6 is 35.7 Å². The fourth-order valence-electron chi connectivity index (χ4n) is 4.34. The fraction of sp³-hybridized carbons (Fsp3) is 0.944. The van der Waals surface area contributed by atoms with Crippen LogP contribution in [0.15, 0.2) is 4.99 Å². The zero-order valence-electron chi connectivity index (χ0n) is 16.2. The molecule has 7 heteroatoms. The number of aliphatic imine (C=N–C) groups is 1. The van der Waals surface area contributed by atoms with Crippen LogP contribution in [0.4, 0.5) is 0 Å². The van der Waals surface area contributed by atoms with Crippen molar-refractivity contribution in [2.24, 2.45) is 4.99 Å². The van der Waals surface area contributed by atoms with Gasteiger partial charge in [0, 0.05) is 44.0 Å². The summed E-state index contributed by atoms with van der Waals surface area (Å²) in [5.74, 6) is 3.60. The smallest absolute Gasteiger partial charge is 0.193 e. The maximum atomic E-state index is 4.59. The molecule has 1 N–H and O–H groups in total. The van der Waals surface area contributed by atoms with E-state index in [0.29, 0.717) is 0 Å². The van der Waals surface area contributed by atoms with E-state index in [1.165, 1.54) is 56.7 Å². The Kier molecular flexibility index (Phi) is 8.62. The lowest BCUT2D eigenvalue weighted by Gasteiger charge is -2.37. The van der Waals surface area contributed by atoms with Gasteiger partial charge in [0.05, 0.1) is 0 Å². The van der Waals surface area contributed by atoms with Gasteiger partial charge in [0.25, 0.3) is 0 Å². The van der Waals surface area contributed by atoms with E-state index in [1.807, 2.05) is 7.05 Å². The Morgan fingerprint density at radius 3 is 2.60 bits per heavy atom. The van der Waals surface area contributed by atoms with Crippen molar-refractivity contribution in [3.63, 3.8) is 0 Å². The molecule has 0 aromatic heterocycles. The molecular formula is C18H36IN5S. The van der Waals surface area contributed by atoms with Gasteiger partial charge in [0.1, 0.15) is 0 Å². The Bertz CT molecular complexity index is 433. The fourth-order valence-corrected chi connectivity index (χ4v) is 5.89. The van der Waals surface area contributed by atoms with Gasteiger partial charge in [-0.1, -0.05) is 6.42 Å². The summed E-state index contributed by atoms with van der Waals surface area (Å²) in [6.07, 6.45) is 6.74. The molecule has 2 atom stereocenters. The SMILES string of the molecule is CN=C(NCC1(N(C)C)CCSC1)N1CCC(N2CCCCC2)C1.I. The van der Waals surface area contributed by atoms with Crippen LogP contribution in [0, 0.1) is 0 Å². The Morgan fingerprint density at radius 2 is 2.00 bits per heavy atom. The second kappa shape index (κ2) is 9.99. The monoisotopic (exact) mass is 481 g/mol. The lowest BCUT2D eigenvalue weighted by Crippen LogP contribution is -2.55. The van der Waals surface area contributed by atoms with Gasteiger partial charge in [-0.15, -0.1) is 24.0 Å². The highest BCUT2D eigenvalue weighted by atomic mass is 127. The topological polar surface area (TPSA) is 34.1 Å². The molecule has 146 valence electrons. The molecule has 0 bridgehead atoms. The molecule has 0 aromatic rings. The number of rotatable bonds is 4. The molecule has 3 aliphatic heterocycles. The summed E-state index contributed by atoms with van der Waals surface area (Å²) in [5.41, 5.74) is 0.284. The molecule has 3 saturated heterocycles. The lowest BCUT2D eigenvalue weighted by molar-refractivity contribution is 0.167. The predicted octanol–water partition coefficient (Wildman–Crippen LogP) is 2.18. The standard InChI is InChI=1S/C18H35N5S.HI/c1-19-17(20-14-18(21(2)3)8-12-24-15-18)23-11-7-16(13-23)22-9-5-4-6-10-22;/h16H,4-15H2,1-3H3,(H,19,20);1H. The number of hydrogen-bond acceptors (Lipinski definition) is 4. The molecular weight excluding hydrogens is 445 g/mol. The van der Waals surface area contributed by atoms with Gasteiger partial charge in [-0.05, 0) is 58.6 Å². The van der Waals surface area contributed by atoms with E-state index in [-0.39, 0.29) is 29.5 Å². The van der Waals surface area contributed by atoms with E-state index < -0.39 is 0 Å². The summed E-state index contributed by atoms with van der Waals surface area (Å²) >= 11 is 2.08. The lowest BCUT2D eigenvalue weighted by atomic mass is 9.97. The first kappa shape index (κ1) is 21.6. The quantitative estimate of drug-likeness (QED) is 0.378. The molecule has 2 unspecified atom stereocenters. The van der Waals surface area contributed by atoms with Crippen LogP contribution < -0.4 is 5.32 Å². The maximum absolute atomic E-state index is 4.59. The molecule has 3 aliphatic rings. The normalized spacial score (nSPS) is 31.4. The van der Waals surface area contributed by atoms with Gasteiger partial charge in [-0.25, -0.2) is 0 Å². The molecule has 25 heavy (non-hydrogen) atoms. The van der Waals surface area contributed by atoms with Crippen LogP contribution in [0.2, 0.25) is 0 Å². The summed E-state index contributed by atoms with van der Waals surface area (Å²) in [6.45, 7) is 5.88. The van der Waals surface area contributed by atoms with E-state index in [1.54, 1.807) is 0 Å². The highest BCUT2D eigenvalue weighted by Gasteiger charge is 2.37. The first-order valence-corrected chi connectivity index (χ1v) is 10.7. The second-order valence-corrected chi connectivity index (χ2v) is 8.91. The van der Waals surface area contributed by atoms with Crippen LogP contribution in [0.1, 0.15) is 32.1 Å². The number of piperidine rings is 1. The molecule has 0 saturated carbocycles. The van der Waals surface area contributed by atoms with Crippen molar-refractivity contribution in [3.05, 3.63) is 0 Å². The van der Waals surface area contributed by atoms with Gasteiger partial charge in [-0.2, -0.15) is 11.8 Å². The third kappa shape index (κ3) is 5.17. The van der Waals surface area contributed by atoms with Crippen molar-refractivity contribution in [1.82, 2.24) is 20.0 Å². The Balaban J connectivity index is 0.00000225. The van der Waals surface area contributed by atoms with Crippen molar-refractivity contribution in [3.8, 4) is 0 Å². The second-order valence-electron chi connectivity index (χ2n) is 7.81. The first-order chi connectivity index (χ1) is 11.6. The van der Waals surface area contributed by atoms with Crippen molar-refractivity contribution in [2.45, 2.75) is 43.7 Å². The maximum Gasteiger partial charge on any atom is 0.193 e. The van der Waals surface area contributed by atoms with Crippen molar-refractivity contribution in [1.29, 1.82) is 0 Å². The van der Waals surface area contributed by atoms with Crippen LogP contribution in [0.25, 0.3) is 0 Å². The predicted molar refractivity (Wildman–Crippen MR) is 121 cm³/mol. The minimum atomic E-state index is 0. The van der Waals surface area contributed by atoms with Crippen LogP contribution in [0.3, 0.4) is 0 Å². The number of hydrogen-bond donors (Lipinski definition) is 1. The number of guanidine groups is 1. The zero-order valence-corrected chi connectivity index (χ0v) is 19.3. The van der Waals surface area contributed by atoms with Crippen LogP contribution in [-0.4, -0.2) is 97.6 Å². The van der Waals surface area contributed by atoms with Crippen LogP contribution in [0.5, 0.6) is 0 Å². The minimum Gasteiger partial charge on any atom is -0.354 e. The number of thioether (sulfide) groups is 1.